The van der Waals surface area contributed by atoms with Crippen LogP contribution < -0.4 is 5.32 Å². The third-order valence-electron chi connectivity index (χ3n) is 4.08. The molecule has 0 saturated carbocycles. The zero-order valence-electron chi connectivity index (χ0n) is 16.2. The normalized spacial score (nSPS) is 11.1. The number of hydrogen-bond donors (Lipinski definition) is 1. The first-order chi connectivity index (χ1) is 13.9. The average molecular weight is 477 g/mol. The fraction of sp³-hybridized carbons (Fsp3) is 0.286. The van der Waals surface area contributed by atoms with Crippen molar-refractivity contribution in [1.29, 1.82) is 0 Å². The summed E-state index contributed by atoms with van der Waals surface area (Å²) in [7, 11) is 0. The third kappa shape index (κ3) is 6.14. The number of nitrogens with one attached hydrogen (secondary N) is 1. The number of thioether (sulfide) groups is 1. The van der Waals surface area contributed by atoms with Crippen LogP contribution in [0.4, 0.5) is 10.1 Å². The summed E-state index contributed by atoms with van der Waals surface area (Å²) >= 11 is 4.50. The zero-order chi connectivity index (χ0) is 20.8. The molecule has 0 bridgehead atoms. The van der Waals surface area contributed by atoms with E-state index in [2.05, 4.69) is 62.0 Å². The van der Waals surface area contributed by atoms with E-state index in [9.17, 15) is 9.18 Å². The van der Waals surface area contributed by atoms with Gasteiger partial charge in [0.25, 0.3) is 0 Å². The summed E-state index contributed by atoms with van der Waals surface area (Å²) in [5, 5.41) is 11.9. The maximum absolute atomic E-state index is 13.9. The SMILES string of the molecule is CC(C)Cn1c(Cc2ccccc2)nnc1SCC(=O)Nc1ccc(Br)cc1F. The molecule has 0 fully saturated rings. The minimum absolute atomic E-state index is 0.122. The van der Waals surface area contributed by atoms with Crippen LogP contribution >= 0.6 is 27.7 Å². The lowest BCUT2D eigenvalue weighted by Crippen LogP contribution is -2.16. The van der Waals surface area contributed by atoms with Crippen molar-refractivity contribution in [2.75, 3.05) is 11.1 Å². The molecule has 1 amide bonds. The Morgan fingerprint density at radius 3 is 2.66 bits per heavy atom. The highest BCUT2D eigenvalue weighted by Gasteiger charge is 2.16. The quantitative estimate of drug-likeness (QED) is 0.456. The third-order valence-corrected chi connectivity index (χ3v) is 5.54. The van der Waals surface area contributed by atoms with Gasteiger partial charge in [0.15, 0.2) is 5.16 Å². The number of nitrogens with zero attached hydrogens (tertiary/aromatic N) is 3. The molecule has 0 atom stereocenters. The minimum Gasteiger partial charge on any atom is -0.323 e. The van der Waals surface area contributed by atoms with Crippen LogP contribution in [0.25, 0.3) is 0 Å². The lowest BCUT2D eigenvalue weighted by molar-refractivity contribution is -0.113. The molecule has 0 aliphatic heterocycles. The van der Waals surface area contributed by atoms with Crippen molar-refractivity contribution in [1.82, 2.24) is 14.8 Å². The number of halogens is 2. The number of anilines is 1. The van der Waals surface area contributed by atoms with Gasteiger partial charge in [0, 0.05) is 17.4 Å². The van der Waals surface area contributed by atoms with Crippen molar-refractivity contribution in [3.05, 3.63) is 70.2 Å². The standard InChI is InChI=1S/C21H22BrFN4OS/c1-14(2)12-27-19(10-15-6-4-3-5-7-15)25-26-21(27)29-13-20(28)24-18-9-8-16(22)11-17(18)23/h3-9,11,14H,10,12-13H2,1-2H3,(H,24,28). The summed E-state index contributed by atoms with van der Waals surface area (Å²) in [6.45, 7) is 5.02. The minimum atomic E-state index is -0.481. The zero-order valence-corrected chi connectivity index (χ0v) is 18.6. The van der Waals surface area contributed by atoms with E-state index in [0.717, 1.165) is 17.9 Å². The Bertz CT molecular complexity index is 978. The predicted molar refractivity (Wildman–Crippen MR) is 118 cm³/mol. The van der Waals surface area contributed by atoms with Gasteiger partial charge in [-0.05, 0) is 29.7 Å². The molecule has 1 aromatic heterocycles. The van der Waals surface area contributed by atoms with E-state index in [-0.39, 0.29) is 17.3 Å². The summed E-state index contributed by atoms with van der Waals surface area (Å²) in [5.41, 5.74) is 1.32. The van der Waals surface area contributed by atoms with Crippen LogP contribution in [0.2, 0.25) is 0 Å². The monoisotopic (exact) mass is 476 g/mol. The maximum Gasteiger partial charge on any atom is 0.234 e. The molecule has 3 aromatic rings. The van der Waals surface area contributed by atoms with Crippen LogP contribution in [0.15, 0.2) is 58.2 Å². The highest BCUT2D eigenvalue weighted by molar-refractivity contribution is 9.10. The second-order valence-electron chi connectivity index (χ2n) is 7.03. The second-order valence-corrected chi connectivity index (χ2v) is 8.88. The van der Waals surface area contributed by atoms with Gasteiger partial charge in [0.2, 0.25) is 5.91 Å². The fourth-order valence-corrected chi connectivity index (χ4v) is 3.89. The summed E-state index contributed by atoms with van der Waals surface area (Å²) in [6.07, 6.45) is 0.678. The van der Waals surface area contributed by atoms with E-state index >= 15 is 0 Å². The van der Waals surface area contributed by atoms with Gasteiger partial charge in [-0.25, -0.2) is 4.39 Å². The van der Waals surface area contributed by atoms with Crippen molar-refractivity contribution in [2.45, 2.75) is 32.0 Å². The molecule has 5 nitrogen and oxygen atoms in total. The topological polar surface area (TPSA) is 59.8 Å². The Morgan fingerprint density at radius 1 is 1.21 bits per heavy atom. The Kier molecular flexibility index (Phi) is 7.44. The number of carbonyl (C=O) groups excluding carboxylic acids is 1. The number of carbonyl (C=O) groups is 1. The molecule has 0 aliphatic carbocycles. The number of aromatic nitrogens is 3. The molecule has 29 heavy (non-hydrogen) atoms. The number of rotatable bonds is 8. The highest BCUT2D eigenvalue weighted by Crippen LogP contribution is 2.22. The molecule has 1 N–H and O–H groups in total. The molecule has 0 saturated heterocycles. The van der Waals surface area contributed by atoms with E-state index in [1.165, 1.54) is 23.9 Å². The number of benzene rings is 2. The largest absolute Gasteiger partial charge is 0.323 e. The lowest BCUT2D eigenvalue weighted by Gasteiger charge is -2.12. The van der Waals surface area contributed by atoms with Gasteiger partial charge in [-0.3, -0.25) is 4.79 Å². The van der Waals surface area contributed by atoms with Gasteiger partial charge in [-0.15, -0.1) is 10.2 Å². The Labute approximate surface area is 182 Å². The van der Waals surface area contributed by atoms with Crippen molar-refractivity contribution in [2.24, 2.45) is 5.92 Å². The molecule has 1 heterocycles. The summed E-state index contributed by atoms with van der Waals surface area (Å²) in [4.78, 5) is 12.3. The molecule has 8 heteroatoms. The Balaban J connectivity index is 1.68. The van der Waals surface area contributed by atoms with Crippen molar-refractivity contribution in [3.63, 3.8) is 0 Å². The van der Waals surface area contributed by atoms with Gasteiger partial charge >= 0.3 is 0 Å². The van der Waals surface area contributed by atoms with Gasteiger partial charge in [-0.2, -0.15) is 0 Å². The molecule has 3 rings (SSSR count). The van der Waals surface area contributed by atoms with Crippen LogP contribution in [0, 0.1) is 11.7 Å². The first-order valence-corrected chi connectivity index (χ1v) is 11.0. The summed E-state index contributed by atoms with van der Waals surface area (Å²) in [6, 6.07) is 14.6. The van der Waals surface area contributed by atoms with Crippen LogP contribution in [-0.2, 0) is 17.8 Å². The molecule has 0 radical (unpaired) electrons. The van der Waals surface area contributed by atoms with Crippen LogP contribution in [-0.4, -0.2) is 26.4 Å². The van der Waals surface area contributed by atoms with E-state index in [4.69, 9.17) is 0 Å². The molecular formula is C21H22BrFN4OS. The molecule has 0 spiro atoms. The number of hydrogen-bond acceptors (Lipinski definition) is 4. The van der Waals surface area contributed by atoms with Gasteiger partial charge < -0.3 is 9.88 Å². The summed E-state index contributed by atoms with van der Waals surface area (Å²) < 4.78 is 16.6. The van der Waals surface area contributed by atoms with Crippen LogP contribution in [0.5, 0.6) is 0 Å². The van der Waals surface area contributed by atoms with Crippen LogP contribution in [0.3, 0.4) is 0 Å². The maximum atomic E-state index is 13.9. The second kappa shape index (κ2) is 10.0. The first-order valence-electron chi connectivity index (χ1n) is 9.26. The number of amides is 1. The summed E-state index contributed by atoms with van der Waals surface area (Å²) in [5.74, 6) is 0.625. The van der Waals surface area contributed by atoms with Crippen molar-refractivity contribution < 1.29 is 9.18 Å². The highest BCUT2D eigenvalue weighted by atomic mass is 79.9. The van der Waals surface area contributed by atoms with E-state index in [1.54, 1.807) is 6.07 Å². The smallest absolute Gasteiger partial charge is 0.234 e. The molecular weight excluding hydrogens is 455 g/mol. The molecule has 0 unspecified atom stereocenters. The van der Waals surface area contributed by atoms with E-state index < -0.39 is 5.82 Å². The van der Waals surface area contributed by atoms with Crippen LogP contribution in [0.1, 0.15) is 25.2 Å². The first kappa shape index (κ1) is 21.5. The van der Waals surface area contributed by atoms with E-state index in [1.807, 2.05) is 18.2 Å². The van der Waals surface area contributed by atoms with Crippen molar-refractivity contribution >= 4 is 39.3 Å². The Morgan fingerprint density at radius 2 is 1.97 bits per heavy atom. The lowest BCUT2D eigenvalue weighted by atomic mass is 10.1. The Hall–Kier alpha value is -2.19. The van der Waals surface area contributed by atoms with E-state index in [0.29, 0.717) is 22.0 Å². The van der Waals surface area contributed by atoms with Crippen molar-refractivity contribution in [3.8, 4) is 0 Å². The molecule has 0 aliphatic rings. The average Bonchev–Trinajstić information content (AvgIpc) is 3.04. The van der Waals surface area contributed by atoms with Gasteiger partial charge in [0.1, 0.15) is 11.6 Å². The molecule has 152 valence electrons. The fourth-order valence-electron chi connectivity index (χ4n) is 2.79. The molecule has 2 aromatic carbocycles. The van der Waals surface area contributed by atoms with Gasteiger partial charge in [-0.1, -0.05) is 71.9 Å². The predicted octanol–water partition coefficient (Wildman–Crippen LogP) is 5.16. The van der Waals surface area contributed by atoms with Gasteiger partial charge in [0.05, 0.1) is 11.4 Å².